The molecule has 0 spiro atoms. The Labute approximate surface area is 99.2 Å². The number of rotatable bonds is 4. The van der Waals surface area contributed by atoms with Crippen LogP contribution < -0.4 is 11.1 Å². The first-order valence-corrected chi connectivity index (χ1v) is 6.41. The van der Waals surface area contributed by atoms with Gasteiger partial charge in [0.1, 0.15) is 0 Å². The highest BCUT2D eigenvalue weighted by Crippen LogP contribution is 2.31. The average molecular weight is 328 g/mol. The third-order valence-electron chi connectivity index (χ3n) is 1.72. The van der Waals surface area contributed by atoms with Crippen LogP contribution in [0.3, 0.4) is 0 Å². The summed E-state index contributed by atoms with van der Waals surface area (Å²) in [7, 11) is 0. The molecule has 5 heteroatoms. The second-order valence-electron chi connectivity index (χ2n) is 2.87. The maximum absolute atomic E-state index is 5.50. The molecule has 1 aromatic heterocycles. The van der Waals surface area contributed by atoms with Gasteiger partial charge >= 0.3 is 0 Å². The Hall–Kier alpha value is 0.580. The first-order valence-electron chi connectivity index (χ1n) is 4.00. The van der Waals surface area contributed by atoms with E-state index in [4.69, 9.17) is 5.73 Å². The molecular formula is C8H12Br2N2S. The molecule has 1 unspecified atom stereocenters. The van der Waals surface area contributed by atoms with E-state index in [1.54, 1.807) is 11.3 Å². The Balaban J connectivity index is 2.49. The quantitative estimate of drug-likeness (QED) is 0.892. The zero-order valence-electron chi connectivity index (χ0n) is 7.31. The minimum Gasteiger partial charge on any atom is -0.329 e. The average Bonchev–Trinajstić information content (AvgIpc) is 2.41. The zero-order chi connectivity index (χ0) is 9.84. The van der Waals surface area contributed by atoms with Crippen LogP contribution in [0.4, 0.5) is 0 Å². The van der Waals surface area contributed by atoms with Crippen LogP contribution in [0.5, 0.6) is 0 Å². The predicted octanol–water partition coefficient (Wildman–Crippen LogP) is 2.71. The Kier molecular flexibility index (Phi) is 4.89. The lowest BCUT2D eigenvalue weighted by atomic mass is 10.3. The van der Waals surface area contributed by atoms with Gasteiger partial charge in [-0.15, -0.1) is 11.3 Å². The molecule has 0 aliphatic heterocycles. The molecular weight excluding hydrogens is 316 g/mol. The van der Waals surface area contributed by atoms with Gasteiger partial charge in [-0.3, -0.25) is 0 Å². The first kappa shape index (κ1) is 11.7. The number of thiophene rings is 1. The van der Waals surface area contributed by atoms with Crippen molar-refractivity contribution in [3.8, 4) is 0 Å². The number of hydrogen-bond acceptors (Lipinski definition) is 3. The Bertz CT molecular complexity index is 275. The first-order chi connectivity index (χ1) is 6.13. The summed E-state index contributed by atoms with van der Waals surface area (Å²) in [5, 5.41) is 3.33. The molecule has 1 rings (SSSR count). The van der Waals surface area contributed by atoms with E-state index >= 15 is 0 Å². The summed E-state index contributed by atoms with van der Waals surface area (Å²) in [5.41, 5.74) is 6.77. The summed E-state index contributed by atoms with van der Waals surface area (Å²) < 4.78 is 2.33. The van der Waals surface area contributed by atoms with Gasteiger partial charge in [-0.2, -0.15) is 0 Å². The van der Waals surface area contributed by atoms with Gasteiger partial charge in [-0.1, -0.05) is 0 Å². The summed E-state index contributed by atoms with van der Waals surface area (Å²) >= 11 is 8.64. The highest BCUT2D eigenvalue weighted by atomic mass is 79.9. The Morgan fingerprint density at radius 2 is 2.31 bits per heavy atom. The summed E-state index contributed by atoms with van der Waals surface area (Å²) in [6.07, 6.45) is 0. The van der Waals surface area contributed by atoms with Crippen LogP contribution in [0.25, 0.3) is 0 Å². The van der Waals surface area contributed by atoms with Crippen molar-refractivity contribution in [1.29, 1.82) is 0 Å². The fourth-order valence-corrected chi connectivity index (χ4v) is 3.69. The molecule has 0 aliphatic carbocycles. The highest BCUT2D eigenvalue weighted by Gasteiger charge is 2.05. The molecule has 0 fully saturated rings. The maximum atomic E-state index is 5.50. The van der Waals surface area contributed by atoms with Gasteiger partial charge in [-0.05, 0) is 50.4 Å². The van der Waals surface area contributed by atoms with Crippen molar-refractivity contribution in [1.82, 2.24) is 5.32 Å². The maximum Gasteiger partial charge on any atom is 0.0755 e. The van der Waals surface area contributed by atoms with Gasteiger partial charge in [0.15, 0.2) is 0 Å². The molecule has 1 atom stereocenters. The molecule has 0 aromatic carbocycles. The zero-order valence-corrected chi connectivity index (χ0v) is 11.3. The molecule has 13 heavy (non-hydrogen) atoms. The summed E-state index contributed by atoms with van der Waals surface area (Å²) in [6, 6.07) is 2.48. The monoisotopic (exact) mass is 326 g/mol. The predicted molar refractivity (Wildman–Crippen MR) is 65.1 cm³/mol. The van der Waals surface area contributed by atoms with Gasteiger partial charge in [0.2, 0.25) is 0 Å². The third kappa shape index (κ3) is 3.67. The van der Waals surface area contributed by atoms with Gasteiger partial charge < -0.3 is 11.1 Å². The van der Waals surface area contributed by atoms with E-state index < -0.39 is 0 Å². The summed E-state index contributed by atoms with van der Waals surface area (Å²) in [5.74, 6) is 0. The lowest BCUT2D eigenvalue weighted by molar-refractivity contribution is 0.556. The van der Waals surface area contributed by atoms with E-state index in [-0.39, 0.29) is 0 Å². The second-order valence-corrected chi connectivity index (χ2v) is 6.62. The van der Waals surface area contributed by atoms with E-state index in [0.717, 1.165) is 10.3 Å². The fourth-order valence-electron chi connectivity index (χ4n) is 0.862. The van der Waals surface area contributed by atoms with E-state index in [2.05, 4.69) is 50.2 Å². The normalized spacial score (nSPS) is 13.2. The van der Waals surface area contributed by atoms with Crippen LogP contribution in [-0.2, 0) is 6.54 Å². The molecule has 3 N–H and O–H groups in total. The molecule has 0 aliphatic rings. The SMILES string of the molecule is CC(CN)NCc1cc(Br)sc1Br. The van der Waals surface area contributed by atoms with Crippen molar-refractivity contribution < 1.29 is 0 Å². The largest absolute Gasteiger partial charge is 0.329 e. The summed E-state index contributed by atoms with van der Waals surface area (Å²) in [4.78, 5) is 0. The summed E-state index contributed by atoms with van der Waals surface area (Å²) in [6.45, 7) is 3.61. The molecule has 0 saturated carbocycles. The smallest absolute Gasteiger partial charge is 0.0755 e. The molecule has 0 bridgehead atoms. The van der Waals surface area contributed by atoms with Crippen molar-refractivity contribution in [2.75, 3.05) is 6.54 Å². The molecule has 1 heterocycles. The number of hydrogen-bond donors (Lipinski definition) is 2. The minimum atomic E-state index is 0.366. The van der Waals surface area contributed by atoms with Crippen molar-refractivity contribution in [2.45, 2.75) is 19.5 Å². The number of halogens is 2. The molecule has 74 valence electrons. The van der Waals surface area contributed by atoms with Crippen LogP contribution in [0, 0.1) is 0 Å². The van der Waals surface area contributed by atoms with Gasteiger partial charge in [-0.25, -0.2) is 0 Å². The molecule has 0 amide bonds. The van der Waals surface area contributed by atoms with Gasteiger partial charge in [0.05, 0.1) is 7.57 Å². The molecule has 1 aromatic rings. The van der Waals surface area contributed by atoms with Crippen LogP contribution in [0.2, 0.25) is 0 Å². The van der Waals surface area contributed by atoms with Crippen LogP contribution in [0.15, 0.2) is 13.6 Å². The van der Waals surface area contributed by atoms with E-state index in [0.29, 0.717) is 12.6 Å². The third-order valence-corrected chi connectivity index (χ3v) is 4.19. The topological polar surface area (TPSA) is 38.0 Å². The number of nitrogens with two attached hydrogens (primary N) is 1. The fraction of sp³-hybridized carbons (Fsp3) is 0.500. The Morgan fingerprint density at radius 3 is 2.77 bits per heavy atom. The Morgan fingerprint density at radius 1 is 1.62 bits per heavy atom. The van der Waals surface area contributed by atoms with Crippen molar-refractivity contribution in [2.24, 2.45) is 5.73 Å². The van der Waals surface area contributed by atoms with Crippen molar-refractivity contribution in [3.05, 3.63) is 19.2 Å². The second kappa shape index (κ2) is 5.46. The van der Waals surface area contributed by atoms with Gasteiger partial charge in [0.25, 0.3) is 0 Å². The molecule has 0 saturated heterocycles. The van der Waals surface area contributed by atoms with Crippen LogP contribution >= 0.6 is 43.2 Å². The minimum absolute atomic E-state index is 0.366. The highest BCUT2D eigenvalue weighted by molar-refractivity contribution is 9.12. The molecule has 0 radical (unpaired) electrons. The van der Waals surface area contributed by atoms with Crippen molar-refractivity contribution >= 4 is 43.2 Å². The molecule has 2 nitrogen and oxygen atoms in total. The van der Waals surface area contributed by atoms with E-state index in [9.17, 15) is 0 Å². The van der Waals surface area contributed by atoms with Crippen LogP contribution in [0.1, 0.15) is 12.5 Å². The van der Waals surface area contributed by atoms with E-state index in [1.807, 2.05) is 0 Å². The lowest BCUT2D eigenvalue weighted by Crippen LogP contribution is -2.32. The van der Waals surface area contributed by atoms with Crippen LogP contribution in [-0.4, -0.2) is 12.6 Å². The standard InChI is InChI=1S/C8H12Br2N2S/c1-5(3-11)12-4-6-2-7(9)13-8(6)10/h2,5,12H,3-4,11H2,1H3. The lowest BCUT2D eigenvalue weighted by Gasteiger charge is -2.09. The van der Waals surface area contributed by atoms with E-state index in [1.165, 1.54) is 9.35 Å². The van der Waals surface area contributed by atoms with Gasteiger partial charge in [0, 0.05) is 19.1 Å². The van der Waals surface area contributed by atoms with Crippen molar-refractivity contribution in [3.63, 3.8) is 0 Å². The number of nitrogens with one attached hydrogen (secondary N) is 1.